The maximum atomic E-state index is 14.0. The Kier molecular flexibility index (Phi) is 5.68. The van der Waals surface area contributed by atoms with E-state index in [9.17, 15) is 14.4 Å². The van der Waals surface area contributed by atoms with Crippen molar-refractivity contribution in [3.63, 3.8) is 0 Å². The lowest BCUT2D eigenvalue weighted by Crippen LogP contribution is -2.46. The predicted octanol–water partition coefficient (Wildman–Crippen LogP) is 2.95. The number of primary amides is 1. The molecule has 36 heavy (non-hydrogen) atoms. The Morgan fingerprint density at radius 1 is 1.08 bits per heavy atom. The number of Topliss-reactive ketones (excluding diaryl/α,β-unsaturated/α-hetero) is 1. The number of nitrogens with zero attached hydrogens (tertiary/aromatic N) is 1. The molecule has 0 fully saturated rings. The molecule has 2 atom stereocenters. The molecule has 0 saturated heterocycles. The normalized spacial score (nSPS) is 19.8. The molecule has 0 bridgehead atoms. The van der Waals surface area contributed by atoms with Crippen LogP contribution in [0.15, 0.2) is 71.9 Å². The Balaban J connectivity index is 1.62. The number of carbonyl (C=O) groups excluding carboxylic acids is 3. The highest BCUT2D eigenvalue weighted by molar-refractivity contribution is 6.24. The molecular weight excluding hydrogens is 462 g/mol. The molecule has 0 unspecified atom stereocenters. The van der Waals surface area contributed by atoms with Gasteiger partial charge in [0.05, 0.1) is 7.11 Å². The number of fused-ring (bicyclic) bond motifs is 2. The van der Waals surface area contributed by atoms with Gasteiger partial charge in [-0.05, 0) is 31.2 Å². The fourth-order valence-corrected chi connectivity index (χ4v) is 4.56. The van der Waals surface area contributed by atoms with Crippen molar-refractivity contribution in [1.29, 1.82) is 0 Å². The van der Waals surface area contributed by atoms with Gasteiger partial charge >= 0.3 is 0 Å². The van der Waals surface area contributed by atoms with Gasteiger partial charge in [0.1, 0.15) is 11.6 Å². The van der Waals surface area contributed by atoms with Gasteiger partial charge in [-0.2, -0.15) is 0 Å². The van der Waals surface area contributed by atoms with Crippen molar-refractivity contribution >= 4 is 29.0 Å². The third-order valence-corrected chi connectivity index (χ3v) is 6.31. The number of carbonyl (C=O) groups is 3. The summed E-state index contributed by atoms with van der Waals surface area (Å²) in [4.78, 5) is 44.5. The standard InChI is InChI=1S/C27H23N3O6/c1-15-7-9-16(10-8-15)25(32)23-24(17-11-12-20(21(13-17)34-2)35-14-22(28)31)30-36-27(23)18-5-3-4-6-19(18)29-26(27)33/h3-13,23H,14H2,1-2H3,(H2,28,31)(H,29,33)/t23-,27-/m0/s1. The zero-order chi connectivity index (χ0) is 25.4. The molecule has 9 nitrogen and oxygen atoms in total. The summed E-state index contributed by atoms with van der Waals surface area (Å²) in [5.41, 5.74) is 6.81. The Hall–Kier alpha value is -4.66. The number of ether oxygens (including phenoxy) is 2. The SMILES string of the molecule is COc1cc(C2=NO[C@]3(C(=O)Nc4ccccc43)[C@@H]2C(=O)c2ccc(C)cc2)ccc1OCC(N)=O. The van der Waals surface area contributed by atoms with Crippen LogP contribution in [0, 0.1) is 12.8 Å². The van der Waals surface area contributed by atoms with Crippen LogP contribution < -0.4 is 20.5 Å². The molecule has 2 amide bonds. The van der Waals surface area contributed by atoms with Gasteiger partial charge in [-0.25, -0.2) is 0 Å². The number of hydrogen-bond acceptors (Lipinski definition) is 7. The van der Waals surface area contributed by atoms with Crippen LogP contribution >= 0.6 is 0 Å². The Labute approximate surface area is 206 Å². The number of para-hydroxylation sites is 1. The lowest BCUT2D eigenvalue weighted by atomic mass is 9.74. The summed E-state index contributed by atoms with van der Waals surface area (Å²) < 4.78 is 10.8. The van der Waals surface area contributed by atoms with E-state index < -0.39 is 23.3 Å². The van der Waals surface area contributed by atoms with Gasteiger partial charge in [0, 0.05) is 22.4 Å². The Bertz CT molecular complexity index is 1420. The van der Waals surface area contributed by atoms with Crippen molar-refractivity contribution < 1.29 is 28.7 Å². The van der Waals surface area contributed by atoms with Crippen LogP contribution in [0.3, 0.4) is 0 Å². The fourth-order valence-electron chi connectivity index (χ4n) is 4.56. The number of benzene rings is 3. The second-order valence-corrected chi connectivity index (χ2v) is 8.59. The number of oxime groups is 1. The van der Waals surface area contributed by atoms with E-state index in [-0.39, 0.29) is 18.1 Å². The first-order valence-electron chi connectivity index (χ1n) is 11.2. The summed E-state index contributed by atoms with van der Waals surface area (Å²) in [6.45, 7) is 1.60. The summed E-state index contributed by atoms with van der Waals surface area (Å²) in [6, 6.07) is 19.1. The third kappa shape index (κ3) is 3.65. The first kappa shape index (κ1) is 23.1. The van der Waals surface area contributed by atoms with Gasteiger partial charge in [-0.1, -0.05) is 53.2 Å². The van der Waals surface area contributed by atoms with Crippen LogP contribution in [-0.4, -0.2) is 37.0 Å². The summed E-state index contributed by atoms with van der Waals surface area (Å²) in [6.07, 6.45) is 0. The molecule has 182 valence electrons. The number of methoxy groups -OCH3 is 1. The molecule has 2 heterocycles. The second kappa shape index (κ2) is 8.84. The number of rotatable bonds is 7. The van der Waals surface area contributed by atoms with E-state index >= 15 is 0 Å². The summed E-state index contributed by atoms with van der Waals surface area (Å²) in [5, 5.41) is 7.11. The highest BCUT2D eigenvalue weighted by Gasteiger charge is 2.63. The van der Waals surface area contributed by atoms with Crippen molar-refractivity contribution in [2.45, 2.75) is 12.5 Å². The maximum absolute atomic E-state index is 14.0. The number of nitrogens with two attached hydrogens (primary N) is 1. The van der Waals surface area contributed by atoms with Gasteiger partial charge < -0.3 is 25.4 Å². The third-order valence-electron chi connectivity index (χ3n) is 6.31. The average Bonchev–Trinajstić information content (AvgIpc) is 3.41. The van der Waals surface area contributed by atoms with Gasteiger partial charge in [0.25, 0.3) is 17.4 Å². The van der Waals surface area contributed by atoms with Gasteiger partial charge in [-0.3, -0.25) is 14.4 Å². The topological polar surface area (TPSA) is 129 Å². The van der Waals surface area contributed by atoms with Crippen molar-refractivity contribution in [2.75, 3.05) is 19.0 Å². The summed E-state index contributed by atoms with van der Waals surface area (Å²) in [7, 11) is 1.44. The molecule has 0 radical (unpaired) electrons. The van der Waals surface area contributed by atoms with Crippen molar-refractivity contribution in [3.8, 4) is 11.5 Å². The first-order valence-corrected chi connectivity index (χ1v) is 11.2. The van der Waals surface area contributed by atoms with Crippen LogP contribution in [0.1, 0.15) is 27.0 Å². The van der Waals surface area contributed by atoms with Gasteiger partial charge in [0.2, 0.25) is 0 Å². The zero-order valence-electron chi connectivity index (χ0n) is 19.6. The molecule has 3 aromatic carbocycles. The summed E-state index contributed by atoms with van der Waals surface area (Å²) in [5.74, 6) is -1.90. The molecule has 1 spiro atoms. The number of ketones is 1. The number of anilines is 1. The highest BCUT2D eigenvalue weighted by Crippen LogP contribution is 2.50. The van der Waals surface area contributed by atoms with Crippen molar-refractivity contribution in [3.05, 3.63) is 89.0 Å². The van der Waals surface area contributed by atoms with E-state index in [1.165, 1.54) is 7.11 Å². The lowest BCUT2D eigenvalue weighted by molar-refractivity contribution is -0.140. The minimum atomic E-state index is -1.66. The second-order valence-electron chi connectivity index (χ2n) is 8.59. The molecule has 0 aliphatic carbocycles. The first-order chi connectivity index (χ1) is 17.3. The molecule has 2 aliphatic heterocycles. The Morgan fingerprint density at radius 2 is 1.83 bits per heavy atom. The number of nitrogens with one attached hydrogen (secondary N) is 1. The van der Waals surface area contributed by atoms with E-state index in [2.05, 4.69) is 10.5 Å². The van der Waals surface area contributed by atoms with E-state index in [1.807, 2.05) is 19.1 Å². The minimum Gasteiger partial charge on any atom is -0.493 e. The molecule has 5 rings (SSSR count). The van der Waals surface area contributed by atoms with Crippen molar-refractivity contribution in [1.82, 2.24) is 0 Å². The monoisotopic (exact) mass is 485 g/mol. The molecular formula is C27H23N3O6. The van der Waals surface area contributed by atoms with E-state index in [0.29, 0.717) is 33.9 Å². The van der Waals surface area contributed by atoms with E-state index in [4.69, 9.17) is 20.0 Å². The minimum absolute atomic E-state index is 0.271. The fraction of sp³-hybridized carbons (Fsp3) is 0.185. The average molecular weight is 485 g/mol. The van der Waals surface area contributed by atoms with Crippen LogP contribution in [-0.2, 0) is 20.0 Å². The smallest absolute Gasteiger partial charge is 0.277 e. The zero-order valence-corrected chi connectivity index (χ0v) is 19.6. The van der Waals surface area contributed by atoms with Crippen LogP contribution in [0.25, 0.3) is 0 Å². The molecule has 3 aromatic rings. The van der Waals surface area contributed by atoms with E-state index in [1.54, 1.807) is 54.6 Å². The number of hydrogen-bond donors (Lipinski definition) is 2. The predicted molar refractivity (Wildman–Crippen MR) is 131 cm³/mol. The molecule has 0 saturated carbocycles. The molecule has 9 heteroatoms. The number of aryl methyl sites for hydroxylation is 1. The molecule has 2 aliphatic rings. The van der Waals surface area contributed by atoms with Crippen molar-refractivity contribution in [2.24, 2.45) is 16.8 Å². The van der Waals surface area contributed by atoms with E-state index in [0.717, 1.165) is 5.56 Å². The molecule has 3 N–H and O–H groups in total. The number of amides is 2. The Morgan fingerprint density at radius 3 is 2.56 bits per heavy atom. The van der Waals surface area contributed by atoms with Gasteiger partial charge in [-0.15, -0.1) is 0 Å². The van der Waals surface area contributed by atoms with Crippen LogP contribution in [0.4, 0.5) is 5.69 Å². The largest absolute Gasteiger partial charge is 0.493 e. The summed E-state index contributed by atoms with van der Waals surface area (Å²) >= 11 is 0. The molecule has 0 aromatic heterocycles. The highest BCUT2D eigenvalue weighted by atomic mass is 16.7. The quantitative estimate of drug-likeness (QED) is 0.495. The maximum Gasteiger partial charge on any atom is 0.277 e. The van der Waals surface area contributed by atoms with Gasteiger partial charge in [0.15, 0.2) is 23.9 Å². The van der Waals surface area contributed by atoms with Crippen LogP contribution in [0.5, 0.6) is 11.5 Å². The lowest BCUT2D eigenvalue weighted by Gasteiger charge is -2.26. The van der Waals surface area contributed by atoms with Crippen LogP contribution in [0.2, 0.25) is 0 Å².